The smallest absolute Gasteiger partial charge is 0.0400 e. The van der Waals surface area contributed by atoms with Gasteiger partial charge < -0.3 is 0 Å². The predicted molar refractivity (Wildman–Crippen MR) is 40.8 cm³/mol. The molecule has 0 aliphatic carbocycles. The summed E-state index contributed by atoms with van der Waals surface area (Å²) in [6.45, 7) is 2.10. The summed E-state index contributed by atoms with van der Waals surface area (Å²) in [6.07, 6.45) is 2.85. The Morgan fingerprint density at radius 1 is 1.67 bits per heavy atom. The van der Waals surface area contributed by atoms with Gasteiger partial charge in [-0.2, -0.15) is 0 Å². The van der Waals surface area contributed by atoms with Crippen LogP contribution in [0.25, 0.3) is 0 Å². The highest BCUT2D eigenvalue weighted by molar-refractivity contribution is 5.75. The van der Waals surface area contributed by atoms with Crippen molar-refractivity contribution in [3.05, 3.63) is 30.1 Å². The third kappa shape index (κ3) is 2.31. The number of rotatable bonds is 1. The molecule has 1 rings (SSSR count). The van der Waals surface area contributed by atoms with Crippen LogP contribution in [0.2, 0.25) is 0 Å². The second kappa shape index (κ2) is 4.13. The van der Waals surface area contributed by atoms with Gasteiger partial charge in [-0.25, -0.2) is 0 Å². The van der Waals surface area contributed by atoms with E-state index in [1.165, 1.54) is 0 Å². The van der Waals surface area contributed by atoms with Gasteiger partial charge in [0.15, 0.2) is 0 Å². The second-order valence-corrected chi connectivity index (χ2v) is 1.67. The van der Waals surface area contributed by atoms with E-state index in [0.717, 1.165) is 12.1 Å². The van der Waals surface area contributed by atoms with Crippen LogP contribution in [0.15, 0.2) is 24.4 Å². The Labute approximate surface area is 59.1 Å². The zero-order valence-corrected chi connectivity index (χ0v) is 5.54. The summed E-state index contributed by atoms with van der Waals surface area (Å²) < 4.78 is 5.25. The van der Waals surface area contributed by atoms with Crippen LogP contribution >= 0.6 is 0 Å². The SMILES string of the molecule is CCc1ccccn1.[2H][B]. The average Bonchev–Trinajstić information content (AvgIpc) is 2.10. The monoisotopic (exact) mass is 120 g/mol. The van der Waals surface area contributed by atoms with Crippen LogP contribution in [0.1, 0.15) is 12.6 Å². The highest BCUT2D eigenvalue weighted by Crippen LogP contribution is 1.91. The number of aryl methyl sites for hydroxylation is 1. The van der Waals surface area contributed by atoms with Crippen LogP contribution in [-0.2, 0) is 6.42 Å². The molecule has 1 heterocycles. The van der Waals surface area contributed by atoms with Gasteiger partial charge in [-0.3, -0.25) is 4.98 Å². The highest BCUT2D eigenvalue weighted by Gasteiger charge is 1.81. The van der Waals surface area contributed by atoms with Gasteiger partial charge >= 0.3 is 0 Å². The number of nitrogens with zero attached hydrogens (tertiary/aromatic N) is 1. The molecule has 1 aromatic rings. The molecule has 0 fully saturated rings. The normalized spacial score (nSPS) is 8.78. The third-order valence-corrected chi connectivity index (χ3v) is 1.09. The molecule has 0 spiro atoms. The zero-order valence-electron chi connectivity index (χ0n) is 6.54. The van der Waals surface area contributed by atoms with E-state index < -0.39 is 0 Å². The van der Waals surface area contributed by atoms with Crippen molar-refractivity contribution in [2.75, 3.05) is 0 Å². The molecule has 0 aromatic carbocycles. The first-order chi connectivity index (χ1) is 4.93. The Kier molecular flexibility index (Phi) is 2.91. The minimum Gasteiger partial charge on any atom is -0.261 e. The fourth-order valence-corrected chi connectivity index (χ4v) is 0.607. The van der Waals surface area contributed by atoms with Gasteiger partial charge in [0.2, 0.25) is 0 Å². The van der Waals surface area contributed by atoms with Gasteiger partial charge in [-0.15, -0.1) is 0 Å². The first kappa shape index (κ1) is 6.34. The molecule has 0 saturated carbocycles. The van der Waals surface area contributed by atoms with Crippen LogP contribution in [0, 0.1) is 0 Å². The summed E-state index contributed by atoms with van der Waals surface area (Å²) in [6, 6.07) is 5.96. The maximum atomic E-state index is 5.25. The molecular formula is C7H10BN. The van der Waals surface area contributed by atoms with Gasteiger partial charge in [0.1, 0.15) is 0 Å². The highest BCUT2D eigenvalue weighted by atomic mass is 14.6. The van der Waals surface area contributed by atoms with Crippen molar-refractivity contribution < 1.29 is 0 Å². The van der Waals surface area contributed by atoms with E-state index in [2.05, 4.69) is 20.3 Å². The van der Waals surface area contributed by atoms with E-state index in [1.807, 2.05) is 24.4 Å². The maximum Gasteiger partial charge on any atom is 0.0400 e. The van der Waals surface area contributed by atoms with Gasteiger partial charge in [-0.1, -0.05) is 13.0 Å². The quantitative estimate of drug-likeness (QED) is 0.503. The van der Waals surface area contributed by atoms with Gasteiger partial charge in [0.05, 0.1) is 0 Å². The Morgan fingerprint density at radius 2 is 2.44 bits per heavy atom. The molecular weight excluding hydrogens is 109 g/mol. The topological polar surface area (TPSA) is 12.9 Å². The minimum absolute atomic E-state index is 1.03. The summed E-state index contributed by atoms with van der Waals surface area (Å²) in [5.74, 6) is 0. The van der Waals surface area contributed by atoms with Crippen LogP contribution < -0.4 is 0 Å². The van der Waals surface area contributed by atoms with Crippen molar-refractivity contribution in [3.63, 3.8) is 0 Å². The van der Waals surface area contributed by atoms with E-state index in [-0.39, 0.29) is 0 Å². The van der Waals surface area contributed by atoms with Crippen molar-refractivity contribution in [2.24, 2.45) is 0 Å². The van der Waals surface area contributed by atoms with Crippen molar-refractivity contribution in [1.29, 1.82) is 1.34 Å². The summed E-state index contributed by atoms with van der Waals surface area (Å²) in [5.41, 5.74) is 1.16. The van der Waals surface area contributed by atoms with Crippen LogP contribution in [0.3, 0.4) is 0 Å². The molecule has 0 amide bonds. The van der Waals surface area contributed by atoms with E-state index >= 15 is 0 Å². The number of pyridine rings is 1. The van der Waals surface area contributed by atoms with Crippen molar-refractivity contribution in [1.82, 2.24) is 4.98 Å². The zero-order chi connectivity index (χ0) is 7.82. The fourth-order valence-electron chi connectivity index (χ4n) is 0.607. The molecule has 0 atom stereocenters. The predicted octanol–water partition coefficient (Wildman–Crippen LogP) is 0.995. The van der Waals surface area contributed by atoms with Crippen molar-refractivity contribution in [3.8, 4) is 0 Å². The Hall–Kier alpha value is -0.785. The molecule has 0 aliphatic heterocycles. The van der Waals surface area contributed by atoms with Gasteiger partial charge in [0.25, 0.3) is 0 Å². The number of hydrogen-bond donors (Lipinski definition) is 0. The molecule has 0 N–H and O–H groups in total. The molecule has 2 radical (unpaired) electrons. The summed E-state index contributed by atoms with van der Waals surface area (Å²) >= 11 is 0. The maximum absolute atomic E-state index is 5.25. The molecule has 0 saturated heterocycles. The average molecular weight is 120 g/mol. The van der Waals surface area contributed by atoms with Gasteiger partial charge in [-0.05, 0) is 19.9 Å². The van der Waals surface area contributed by atoms with E-state index in [4.69, 9.17) is 1.34 Å². The lowest BCUT2D eigenvalue weighted by molar-refractivity contribution is 1.04. The third-order valence-electron chi connectivity index (χ3n) is 1.09. The lowest BCUT2D eigenvalue weighted by Crippen LogP contribution is -1.81. The Balaban J connectivity index is 0.000000371. The van der Waals surface area contributed by atoms with E-state index in [0.29, 0.717) is 0 Å². The molecule has 2 heteroatoms. The second-order valence-electron chi connectivity index (χ2n) is 1.67. The first-order valence-electron chi connectivity index (χ1n) is 3.41. The van der Waals surface area contributed by atoms with Gasteiger partial charge in [0, 0.05) is 20.3 Å². The summed E-state index contributed by atoms with van der Waals surface area (Å²) in [5, 5.41) is 0. The molecule has 0 aliphatic rings. The minimum atomic E-state index is 1.03. The lowest BCUT2D eigenvalue weighted by atomic mass is 10.3. The lowest BCUT2D eigenvalue weighted by Gasteiger charge is -1.88. The summed E-state index contributed by atoms with van der Waals surface area (Å²) in [4.78, 5) is 4.10. The van der Waals surface area contributed by atoms with E-state index in [1.54, 1.807) is 0 Å². The van der Waals surface area contributed by atoms with Crippen LogP contribution in [0.5, 0.6) is 0 Å². The van der Waals surface area contributed by atoms with E-state index in [9.17, 15) is 0 Å². The number of hydrogen-bond acceptors (Lipinski definition) is 1. The van der Waals surface area contributed by atoms with Crippen molar-refractivity contribution >= 4 is 8.38 Å². The first-order valence-corrected chi connectivity index (χ1v) is 2.83. The molecule has 0 bridgehead atoms. The molecule has 46 valence electrons. The summed E-state index contributed by atoms with van der Waals surface area (Å²) in [7, 11) is 3.75. The molecule has 0 unspecified atom stereocenters. The Morgan fingerprint density at radius 3 is 2.78 bits per heavy atom. The number of aromatic nitrogens is 1. The fraction of sp³-hybridized carbons (Fsp3) is 0.286. The molecule has 1 aromatic heterocycles. The molecule has 1 nitrogen and oxygen atoms in total. The van der Waals surface area contributed by atoms with Crippen LogP contribution in [0.4, 0.5) is 0 Å². The molecule has 9 heavy (non-hydrogen) atoms. The van der Waals surface area contributed by atoms with Crippen molar-refractivity contribution in [2.45, 2.75) is 13.3 Å². The van der Waals surface area contributed by atoms with Crippen LogP contribution in [-0.4, -0.2) is 14.7 Å². The standard InChI is InChI=1S/C7H9N.BH/c1-2-7-5-3-4-6-8-7;/h3-6H,2H2,1H3;1H/i;1D. The Bertz CT molecular complexity index is 155. The largest absolute Gasteiger partial charge is 0.261 e.